The largest absolute Gasteiger partial charge is 0.493 e. The van der Waals surface area contributed by atoms with Crippen LogP contribution in [0.3, 0.4) is 0 Å². The van der Waals surface area contributed by atoms with Crippen LogP contribution in [0, 0.1) is 30.4 Å². The molecule has 0 saturated heterocycles. The molecule has 4 heteroatoms. The maximum atomic E-state index is 13.2. The average molecular weight is 346 g/mol. The predicted molar refractivity (Wildman–Crippen MR) is 94.0 cm³/mol. The van der Waals surface area contributed by atoms with Gasteiger partial charge in [0.05, 0.1) is 13.2 Å². The zero-order valence-corrected chi connectivity index (χ0v) is 14.5. The van der Waals surface area contributed by atoms with Crippen LogP contribution in [0.5, 0.6) is 11.5 Å². The molecule has 1 aliphatic carbocycles. The molecule has 1 fully saturated rings. The quantitative estimate of drug-likeness (QED) is 0.684. The number of hydrogen-bond acceptors (Lipinski definition) is 2. The Morgan fingerprint density at radius 1 is 0.760 bits per heavy atom. The average Bonchev–Trinajstić information content (AvgIpc) is 2.63. The van der Waals surface area contributed by atoms with Crippen LogP contribution in [0.2, 0.25) is 0 Å². The molecule has 2 aromatic rings. The Hall–Kier alpha value is -2.10. The van der Waals surface area contributed by atoms with E-state index in [1.165, 1.54) is 11.6 Å². The zero-order valence-electron chi connectivity index (χ0n) is 14.5. The highest BCUT2D eigenvalue weighted by Gasteiger charge is 2.22. The summed E-state index contributed by atoms with van der Waals surface area (Å²) in [6, 6.07) is 11.8. The minimum absolute atomic E-state index is 0.392. The number of aryl methyl sites for hydroxylation is 1. The first kappa shape index (κ1) is 17.7. The molecule has 0 aliphatic heterocycles. The van der Waals surface area contributed by atoms with Gasteiger partial charge in [-0.05, 0) is 68.7 Å². The molecule has 0 atom stereocenters. The third kappa shape index (κ3) is 5.18. The maximum Gasteiger partial charge on any atom is 0.162 e. The number of ether oxygens (including phenoxy) is 2. The molecule has 0 N–H and O–H groups in total. The van der Waals surface area contributed by atoms with Crippen molar-refractivity contribution in [3.63, 3.8) is 0 Å². The third-order valence-corrected chi connectivity index (χ3v) is 4.85. The molecule has 0 radical (unpaired) electrons. The van der Waals surface area contributed by atoms with Gasteiger partial charge in [0.1, 0.15) is 11.5 Å². The van der Waals surface area contributed by atoms with Crippen LogP contribution in [0.25, 0.3) is 0 Å². The summed E-state index contributed by atoms with van der Waals surface area (Å²) in [4.78, 5) is 0. The van der Waals surface area contributed by atoms with Crippen LogP contribution < -0.4 is 9.47 Å². The molecule has 0 heterocycles. The molecular formula is C21H24F2O2. The summed E-state index contributed by atoms with van der Waals surface area (Å²) in [6.07, 6.45) is 4.37. The van der Waals surface area contributed by atoms with Gasteiger partial charge in [0, 0.05) is 6.07 Å². The molecule has 0 unspecified atom stereocenters. The van der Waals surface area contributed by atoms with E-state index in [9.17, 15) is 8.78 Å². The summed E-state index contributed by atoms with van der Waals surface area (Å²) in [5.74, 6) is 0.638. The fourth-order valence-electron chi connectivity index (χ4n) is 3.19. The number of hydrogen-bond donors (Lipinski definition) is 0. The second-order valence-electron chi connectivity index (χ2n) is 6.90. The summed E-state index contributed by atoms with van der Waals surface area (Å²) < 4.78 is 37.6. The van der Waals surface area contributed by atoms with Crippen LogP contribution >= 0.6 is 0 Å². The van der Waals surface area contributed by atoms with Crippen molar-refractivity contribution >= 4 is 0 Å². The van der Waals surface area contributed by atoms with Crippen LogP contribution in [-0.2, 0) is 0 Å². The van der Waals surface area contributed by atoms with Crippen LogP contribution in [0.15, 0.2) is 42.5 Å². The van der Waals surface area contributed by atoms with Gasteiger partial charge in [0.2, 0.25) is 0 Å². The van der Waals surface area contributed by atoms with Crippen molar-refractivity contribution in [2.24, 2.45) is 11.8 Å². The standard InChI is InChI=1S/C21H24F2O2/c1-15-2-8-18(9-3-15)24-13-16-4-6-17(7-5-16)14-25-19-10-11-20(22)21(23)12-19/h2-3,8-12,16-17H,4-7,13-14H2,1H3. The molecule has 0 amide bonds. The smallest absolute Gasteiger partial charge is 0.162 e. The lowest BCUT2D eigenvalue weighted by Crippen LogP contribution is -2.23. The minimum atomic E-state index is -0.866. The topological polar surface area (TPSA) is 18.5 Å². The second-order valence-corrected chi connectivity index (χ2v) is 6.90. The highest BCUT2D eigenvalue weighted by Crippen LogP contribution is 2.30. The van der Waals surface area contributed by atoms with Gasteiger partial charge in [-0.2, -0.15) is 0 Å². The van der Waals surface area contributed by atoms with Crippen molar-refractivity contribution in [1.82, 2.24) is 0 Å². The van der Waals surface area contributed by atoms with E-state index in [1.54, 1.807) is 0 Å². The summed E-state index contributed by atoms with van der Waals surface area (Å²) in [5, 5.41) is 0. The van der Waals surface area contributed by atoms with E-state index in [2.05, 4.69) is 19.1 Å². The predicted octanol–water partition coefficient (Wildman–Crippen LogP) is 5.54. The van der Waals surface area contributed by atoms with E-state index in [4.69, 9.17) is 9.47 Å². The zero-order chi connectivity index (χ0) is 17.6. The van der Waals surface area contributed by atoms with E-state index in [-0.39, 0.29) is 0 Å². The van der Waals surface area contributed by atoms with Crippen LogP contribution in [-0.4, -0.2) is 13.2 Å². The molecule has 2 aromatic carbocycles. The monoisotopic (exact) mass is 346 g/mol. The molecular weight excluding hydrogens is 322 g/mol. The molecule has 3 rings (SSSR count). The molecule has 0 aromatic heterocycles. The Balaban J connectivity index is 1.38. The van der Waals surface area contributed by atoms with Crippen LogP contribution in [0.4, 0.5) is 8.78 Å². The lowest BCUT2D eigenvalue weighted by Gasteiger charge is -2.28. The normalized spacial score (nSPS) is 20.3. The number of benzene rings is 2. The van der Waals surface area contributed by atoms with Gasteiger partial charge < -0.3 is 9.47 Å². The Bertz CT molecular complexity index is 677. The fraction of sp³-hybridized carbons (Fsp3) is 0.429. The summed E-state index contributed by atoms with van der Waals surface area (Å²) in [7, 11) is 0. The van der Waals surface area contributed by atoms with Crippen molar-refractivity contribution in [2.45, 2.75) is 32.6 Å². The molecule has 0 spiro atoms. The third-order valence-electron chi connectivity index (χ3n) is 4.85. The van der Waals surface area contributed by atoms with E-state index in [0.29, 0.717) is 24.2 Å². The first-order valence-corrected chi connectivity index (χ1v) is 8.87. The first-order chi connectivity index (χ1) is 12.1. The van der Waals surface area contributed by atoms with Crippen molar-refractivity contribution in [3.8, 4) is 11.5 Å². The fourth-order valence-corrected chi connectivity index (χ4v) is 3.19. The van der Waals surface area contributed by atoms with Crippen molar-refractivity contribution < 1.29 is 18.3 Å². The number of halogens is 2. The van der Waals surface area contributed by atoms with Crippen molar-refractivity contribution in [2.75, 3.05) is 13.2 Å². The van der Waals surface area contributed by atoms with Crippen molar-refractivity contribution in [3.05, 3.63) is 59.7 Å². The van der Waals surface area contributed by atoms with E-state index >= 15 is 0 Å². The lowest BCUT2D eigenvalue weighted by molar-refractivity contribution is 0.148. The van der Waals surface area contributed by atoms with Gasteiger partial charge in [-0.25, -0.2) is 8.78 Å². The number of rotatable bonds is 6. The first-order valence-electron chi connectivity index (χ1n) is 8.87. The van der Waals surface area contributed by atoms with Gasteiger partial charge in [0.25, 0.3) is 0 Å². The minimum Gasteiger partial charge on any atom is -0.493 e. The van der Waals surface area contributed by atoms with Gasteiger partial charge in [-0.3, -0.25) is 0 Å². The summed E-state index contributed by atoms with van der Waals surface area (Å²) in [5.41, 5.74) is 1.23. The molecule has 25 heavy (non-hydrogen) atoms. The van der Waals surface area contributed by atoms with Gasteiger partial charge in [-0.15, -0.1) is 0 Å². The highest BCUT2D eigenvalue weighted by molar-refractivity contribution is 5.26. The summed E-state index contributed by atoms with van der Waals surface area (Å²) >= 11 is 0. The molecule has 1 aliphatic rings. The Morgan fingerprint density at radius 2 is 1.28 bits per heavy atom. The molecule has 1 saturated carbocycles. The van der Waals surface area contributed by atoms with Gasteiger partial charge in [0.15, 0.2) is 11.6 Å². The Morgan fingerprint density at radius 3 is 1.84 bits per heavy atom. The molecule has 0 bridgehead atoms. The van der Waals surface area contributed by atoms with Gasteiger partial charge >= 0.3 is 0 Å². The maximum absolute atomic E-state index is 13.2. The van der Waals surface area contributed by atoms with Crippen molar-refractivity contribution in [1.29, 1.82) is 0 Å². The Labute approximate surface area is 147 Å². The Kier molecular flexibility index (Phi) is 5.90. The van der Waals surface area contributed by atoms with E-state index < -0.39 is 11.6 Å². The highest BCUT2D eigenvalue weighted by atomic mass is 19.2. The lowest BCUT2D eigenvalue weighted by atomic mass is 9.83. The van der Waals surface area contributed by atoms with E-state index in [0.717, 1.165) is 50.2 Å². The van der Waals surface area contributed by atoms with E-state index in [1.807, 2.05) is 12.1 Å². The van der Waals surface area contributed by atoms with Gasteiger partial charge in [-0.1, -0.05) is 17.7 Å². The SMILES string of the molecule is Cc1ccc(OCC2CCC(COc3ccc(F)c(F)c3)CC2)cc1. The summed E-state index contributed by atoms with van der Waals surface area (Å²) in [6.45, 7) is 3.36. The molecule has 134 valence electrons. The van der Waals surface area contributed by atoms with Crippen LogP contribution in [0.1, 0.15) is 31.2 Å². The second kappa shape index (κ2) is 8.32. The molecule has 2 nitrogen and oxygen atoms in total.